The second kappa shape index (κ2) is 6.48. The van der Waals surface area contributed by atoms with Crippen LogP contribution in [0.3, 0.4) is 0 Å². The molecule has 0 unspecified atom stereocenters. The minimum atomic E-state index is 1.10. The van der Waals surface area contributed by atoms with Gasteiger partial charge in [-0.3, -0.25) is 14.9 Å². The third kappa shape index (κ3) is 3.33. The summed E-state index contributed by atoms with van der Waals surface area (Å²) in [5.74, 6) is 0. The molecule has 0 radical (unpaired) electrons. The van der Waals surface area contributed by atoms with Gasteiger partial charge in [-0.15, -0.1) is 0 Å². The average molecular weight is 268 g/mol. The minimum Gasteiger partial charge on any atom is -0.369 e. The maximum atomic E-state index is 4.08. The number of nitrogens with zero attached hydrogens (tertiary/aromatic N) is 4. The van der Waals surface area contributed by atoms with E-state index >= 15 is 0 Å². The molecule has 1 fully saturated rings. The zero-order valence-electron chi connectivity index (χ0n) is 11.7. The standard InChI is InChI=1S/C16H20N4/c1-6-17-7-2-15(1)5-10-19-11-13-20(14-12-19)16-3-8-18-9-4-16/h1-4,6-9H,5,10-14H2. The first-order valence-corrected chi connectivity index (χ1v) is 7.18. The van der Waals surface area contributed by atoms with Gasteiger partial charge in [0.1, 0.15) is 0 Å². The van der Waals surface area contributed by atoms with Gasteiger partial charge in [-0.2, -0.15) is 0 Å². The highest BCUT2D eigenvalue weighted by atomic mass is 15.3. The molecule has 4 nitrogen and oxygen atoms in total. The van der Waals surface area contributed by atoms with Crippen LogP contribution in [-0.4, -0.2) is 47.6 Å². The molecule has 2 aromatic heterocycles. The Hall–Kier alpha value is -1.94. The zero-order valence-corrected chi connectivity index (χ0v) is 11.7. The van der Waals surface area contributed by atoms with Gasteiger partial charge in [0.15, 0.2) is 0 Å². The minimum absolute atomic E-state index is 1.10. The third-order valence-corrected chi connectivity index (χ3v) is 3.87. The fraction of sp³-hybridized carbons (Fsp3) is 0.375. The maximum Gasteiger partial charge on any atom is 0.0397 e. The molecule has 104 valence electrons. The van der Waals surface area contributed by atoms with E-state index in [-0.39, 0.29) is 0 Å². The molecule has 1 aliphatic rings. The number of aromatic nitrogens is 2. The molecule has 0 spiro atoms. The van der Waals surface area contributed by atoms with Crippen LogP contribution in [0.15, 0.2) is 49.1 Å². The van der Waals surface area contributed by atoms with Crippen LogP contribution in [-0.2, 0) is 6.42 Å². The molecule has 1 saturated heterocycles. The molecule has 4 heteroatoms. The molecule has 0 atom stereocenters. The lowest BCUT2D eigenvalue weighted by atomic mass is 10.2. The van der Waals surface area contributed by atoms with E-state index in [1.54, 1.807) is 0 Å². The lowest BCUT2D eigenvalue weighted by Crippen LogP contribution is -2.47. The summed E-state index contributed by atoms with van der Waals surface area (Å²) in [7, 11) is 0. The molecule has 20 heavy (non-hydrogen) atoms. The normalized spacial score (nSPS) is 16.3. The number of hydrogen-bond donors (Lipinski definition) is 0. The Balaban J connectivity index is 1.47. The van der Waals surface area contributed by atoms with E-state index in [0.29, 0.717) is 0 Å². The van der Waals surface area contributed by atoms with Gasteiger partial charge in [0.25, 0.3) is 0 Å². The van der Waals surface area contributed by atoms with Crippen molar-refractivity contribution in [2.45, 2.75) is 6.42 Å². The summed E-state index contributed by atoms with van der Waals surface area (Å²) in [6.45, 7) is 5.59. The summed E-state index contributed by atoms with van der Waals surface area (Å²) in [4.78, 5) is 13.1. The Bertz CT molecular complexity index is 507. The fourth-order valence-corrected chi connectivity index (χ4v) is 2.62. The van der Waals surface area contributed by atoms with Crippen LogP contribution in [0.5, 0.6) is 0 Å². The first kappa shape index (κ1) is 13.1. The molecule has 0 saturated carbocycles. The second-order valence-electron chi connectivity index (χ2n) is 5.14. The summed E-state index contributed by atoms with van der Waals surface area (Å²) in [5, 5.41) is 0. The largest absolute Gasteiger partial charge is 0.369 e. The van der Waals surface area contributed by atoms with Crippen LogP contribution in [0.1, 0.15) is 5.56 Å². The summed E-state index contributed by atoms with van der Waals surface area (Å²) in [6.07, 6.45) is 8.58. The first-order valence-electron chi connectivity index (χ1n) is 7.18. The zero-order chi connectivity index (χ0) is 13.6. The predicted octanol–water partition coefficient (Wildman–Crippen LogP) is 1.84. The molecule has 0 bridgehead atoms. The highest BCUT2D eigenvalue weighted by Crippen LogP contribution is 2.14. The van der Waals surface area contributed by atoms with Gasteiger partial charge in [-0.25, -0.2) is 0 Å². The number of anilines is 1. The molecular formula is C16H20N4. The molecule has 3 heterocycles. The van der Waals surface area contributed by atoms with Gasteiger partial charge < -0.3 is 4.90 Å². The second-order valence-corrected chi connectivity index (χ2v) is 5.14. The van der Waals surface area contributed by atoms with Gasteiger partial charge in [0.05, 0.1) is 0 Å². The van der Waals surface area contributed by atoms with Crippen molar-refractivity contribution in [3.05, 3.63) is 54.6 Å². The topological polar surface area (TPSA) is 32.3 Å². The molecule has 3 rings (SSSR count). The van der Waals surface area contributed by atoms with Gasteiger partial charge in [0, 0.05) is 63.2 Å². The highest BCUT2D eigenvalue weighted by Gasteiger charge is 2.16. The van der Waals surface area contributed by atoms with Crippen molar-refractivity contribution in [2.24, 2.45) is 0 Å². The van der Waals surface area contributed by atoms with E-state index in [4.69, 9.17) is 0 Å². The van der Waals surface area contributed by atoms with E-state index in [1.165, 1.54) is 11.3 Å². The third-order valence-electron chi connectivity index (χ3n) is 3.87. The Morgan fingerprint density at radius 1 is 0.800 bits per heavy atom. The van der Waals surface area contributed by atoms with Crippen LogP contribution >= 0.6 is 0 Å². The molecule has 0 amide bonds. The highest BCUT2D eigenvalue weighted by molar-refractivity contribution is 5.44. The van der Waals surface area contributed by atoms with Crippen molar-refractivity contribution in [3.8, 4) is 0 Å². The Morgan fingerprint density at radius 3 is 2.05 bits per heavy atom. The van der Waals surface area contributed by atoms with Crippen molar-refractivity contribution < 1.29 is 0 Å². The summed E-state index contributed by atoms with van der Waals surface area (Å²) in [6, 6.07) is 8.39. The monoisotopic (exact) mass is 268 g/mol. The van der Waals surface area contributed by atoms with Crippen LogP contribution in [0, 0.1) is 0 Å². The van der Waals surface area contributed by atoms with Crippen molar-refractivity contribution in [2.75, 3.05) is 37.6 Å². The molecular weight excluding hydrogens is 248 g/mol. The van der Waals surface area contributed by atoms with E-state index in [0.717, 1.165) is 39.1 Å². The quantitative estimate of drug-likeness (QED) is 0.847. The molecule has 0 N–H and O–H groups in total. The van der Waals surface area contributed by atoms with Crippen LogP contribution < -0.4 is 4.90 Å². The number of piperazine rings is 1. The summed E-state index contributed by atoms with van der Waals surface area (Å²) in [5.41, 5.74) is 2.66. The Labute approximate surface area is 120 Å². The van der Waals surface area contributed by atoms with Crippen molar-refractivity contribution >= 4 is 5.69 Å². The first-order chi connectivity index (χ1) is 9.92. The number of pyridine rings is 2. The van der Waals surface area contributed by atoms with Gasteiger partial charge >= 0.3 is 0 Å². The molecule has 2 aromatic rings. The van der Waals surface area contributed by atoms with E-state index in [2.05, 4.69) is 44.0 Å². The number of hydrogen-bond acceptors (Lipinski definition) is 4. The van der Waals surface area contributed by atoms with Gasteiger partial charge in [0.2, 0.25) is 0 Å². The van der Waals surface area contributed by atoms with Crippen LogP contribution in [0.2, 0.25) is 0 Å². The van der Waals surface area contributed by atoms with E-state index < -0.39 is 0 Å². The smallest absolute Gasteiger partial charge is 0.0397 e. The molecule has 1 aliphatic heterocycles. The van der Waals surface area contributed by atoms with E-state index in [1.807, 2.05) is 24.8 Å². The average Bonchev–Trinajstić information content (AvgIpc) is 2.55. The maximum absolute atomic E-state index is 4.08. The summed E-state index contributed by atoms with van der Waals surface area (Å²) >= 11 is 0. The summed E-state index contributed by atoms with van der Waals surface area (Å²) < 4.78 is 0. The SMILES string of the molecule is c1cc(CCN2CCN(c3ccncc3)CC2)ccn1. The van der Waals surface area contributed by atoms with Crippen molar-refractivity contribution in [1.29, 1.82) is 0 Å². The van der Waals surface area contributed by atoms with Gasteiger partial charge in [-0.05, 0) is 36.2 Å². The van der Waals surface area contributed by atoms with Crippen LogP contribution in [0.4, 0.5) is 5.69 Å². The Kier molecular flexibility index (Phi) is 4.23. The van der Waals surface area contributed by atoms with Crippen molar-refractivity contribution in [3.63, 3.8) is 0 Å². The molecule has 0 aromatic carbocycles. The lowest BCUT2D eigenvalue weighted by molar-refractivity contribution is 0.261. The number of rotatable bonds is 4. The predicted molar refractivity (Wildman–Crippen MR) is 80.8 cm³/mol. The molecule has 0 aliphatic carbocycles. The fourth-order valence-electron chi connectivity index (χ4n) is 2.62. The Morgan fingerprint density at radius 2 is 1.40 bits per heavy atom. The van der Waals surface area contributed by atoms with Gasteiger partial charge in [-0.1, -0.05) is 0 Å². The van der Waals surface area contributed by atoms with Crippen LogP contribution in [0.25, 0.3) is 0 Å². The van der Waals surface area contributed by atoms with Crippen molar-refractivity contribution in [1.82, 2.24) is 14.9 Å². The lowest BCUT2D eigenvalue weighted by Gasteiger charge is -2.36. The van der Waals surface area contributed by atoms with E-state index in [9.17, 15) is 0 Å².